The molecule has 3 heterocycles. The Morgan fingerprint density at radius 2 is 2.11 bits per heavy atom. The Labute approximate surface area is 200 Å². The Balaban J connectivity index is 1.58. The van der Waals surface area contributed by atoms with Crippen molar-refractivity contribution in [3.8, 4) is 0 Å². The molecule has 1 aliphatic carbocycles. The number of amides is 2. The first kappa shape index (κ1) is 24.4. The summed E-state index contributed by atoms with van der Waals surface area (Å²) in [5.74, 6) is -3.41. The quantitative estimate of drug-likeness (QED) is 0.0910. The zero-order chi connectivity index (χ0) is 25.5. The number of β-lactam (4-membered cyclic amide) rings is 1. The number of hydrogen-bond donors (Lipinski definition) is 5. The van der Waals surface area contributed by atoms with E-state index in [1.807, 2.05) is 0 Å². The standard InChI is InChI=1S/C16H19N9O8S2/c17-3-7-4-19-24(22-7)5-9-11(13(27)25(9)35(30,31)32)21-12(26)10(8-6-34-15(18)20-8)23-33-16(1-2-16)14(28)29/h4,6,9,11H,1-3,5,17H2,(H2,18,20)(H,21,26)(H,28,29)(H,30,31,32). The van der Waals surface area contributed by atoms with E-state index in [1.54, 1.807) is 0 Å². The van der Waals surface area contributed by atoms with Gasteiger partial charge in [-0.25, -0.2) is 14.1 Å². The van der Waals surface area contributed by atoms with Crippen LogP contribution < -0.4 is 16.8 Å². The van der Waals surface area contributed by atoms with Crippen LogP contribution in [0.3, 0.4) is 0 Å². The van der Waals surface area contributed by atoms with Crippen LogP contribution in [0.15, 0.2) is 16.7 Å². The van der Waals surface area contributed by atoms with Gasteiger partial charge in [-0.15, -0.1) is 11.3 Å². The number of aliphatic carboxylic acids is 1. The molecule has 7 N–H and O–H groups in total. The van der Waals surface area contributed by atoms with Gasteiger partial charge in [-0.1, -0.05) is 5.16 Å². The third-order valence-corrected chi connectivity index (χ3v) is 6.85. The molecule has 1 saturated carbocycles. The highest BCUT2D eigenvalue weighted by Crippen LogP contribution is 2.40. The summed E-state index contributed by atoms with van der Waals surface area (Å²) in [6, 6.07) is -2.73. The molecule has 0 bridgehead atoms. The summed E-state index contributed by atoms with van der Waals surface area (Å²) in [6.45, 7) is -0.258. The average molecular weight is 530 g/mol. The molecule has 0 spiro atoms. The molecular formula is C16H19N9O8S2. The van der Waals surface area contributed by atoms with E-state index in [9.17, 15) is 32.5 Å². The molecule has 35 heavy (non-hydrogen) atoms. The fraction of sp³-hybridized carbons (Fsp3) is 0.438. The summed E-state index contributed by atoms with van der Waals surface area (Å²) in [6.07, 6.45) is 1.68. The predicted molar refractivity (Wildman–Crippen MR) is 116 cm³/mol. The summed E-state index contributed by atoms with van der Waals surface area (Å²) in [4.78, 5) is 47.0. The number of thiazole rings is 1. The molecule has 4 rings (SSSR count). The van der Waals surface area contributed by atoms with E-state index in [0.717, 1.165) is 16.1 Å². The van der Waals surface area contributed by atoms with Gasteiger partial charge in [-0.2, -0.15) is 23.4 Å². The monoisotopic (exact) mass is 529 g/mol. The van der Waals surface area contributed by atoms with Gasteiger partial charge in [-0.3, -0.25) is 14.1 Å². The molecule has 2 fully saturated rings. The number of nitrogens with one attached hydrogen (secondary N) is 1. The predicted octanol–water partition coefficient (Wildman–Crippen LogP) is -2.69. The lowest BCUT2D eigenvalue weighted by atomic mass is 9.98. The van der Waals surface area contributed by atoms with Crippen LogP contribution in [0.2, 0.25) is 0 Å². The highest BCUT2D eigenvalue weighted by Gasteiger charge is 2.56. The SMILES string of the molecule is NCc1cnn(CC2C(NC(=O)C(=NOC3(C(=O)O)CC3)c3csc(N)n3)C(=O)N2S(=O)(=O)O)n1. The van der Waals surface area contributed by atoms with Gasteiger partial charge >= 0.3 is 16.3 Å². The molecule has 2 unspecified atom stereocenters. The second-order valence-corrected chi connectivity index (χ2v) is 9.81. The van der Waals surface area contributed by atoms with Crippen molar-refractivity contribution in [2.75, 3.05) is 5.73 Å². The van der Waals surface area contributed by atoms with Crippen molar-refractivity contribution in [2.45, 2.75) is 43.6 Å². The molecule has 2 aromatic rings. The number of nitrogens with zero attached hydrogens (tertiary/aromatic N) is 6. The van der Waals surface area contributed by atoms with Gasteiger partial charge in [0.25, 0.3) is 11.8 Å². The van der Waals surface area contributed by atoms with Crippen LogP contribution in [0.1, 0.15) is 24.2 Å². The number of rotatable bonds is 10. The second kappa shape index (κ2) is 8.83. The highest BCUT2D eigenvalue weighted by molar-refractivity contribution is 7.84. The molecule has 1 saturated heterocycles. The van der Waals surface area contributed by atoms with E-state index in [1.165, 1.54) is 11.6 Å². The zero-order valence-electron chi connectivity index (χ0n) is 17.6. The Kier molecular flexibility index (Phi) is 6.17. The van der Waals surface area contributed by atoms with Gasteiger partial charge < -0.3 is 26.7 Å². The molecule has 1 aliphatic heterocycles. The molecule has 2 amide bonds. The van der Waals surface area contributed by atoms with Crippen molar-refractivity contribution >= 4 is 50.3 Å². The zero-order valence-corrected chi connectivity index (χ0v) is 19.3. The second-order valence-electron chi connectivity index (χ2n) is 7.63. The number of nitrogen functional groups attached to an aromatic ring is 1. The third kappa shape index (κ3) is 4.78. The van der Waals surface area contributed by atoms with Gasteiger partial charge in [0.2, 0.25) is 5.60 Å². The van der Waals surface area contributed by atoms with Gasteiger partial charge in [0.1, 0.15) is 17.8 Å². The van der Waals surface area contributed by atoms with E-state index in [4.69, 9.17) is 16.3 Å². The number of carboxylic acid groups (broad SMARTS) is 1. The first-order chi connectivity index (χ1) is 16.4. The van der Waals surface area contributed by atoms with E-state index < -0.39 is 51.5 Å². The Hall–Kier alpha value is -3.68. The van der Waals surface area contributed by atoms with Gasteiger partial charge in [-0.05, 0) is 0 Å². The fourth-order valence-corrected chi connectivity index (χ4v) is 4.64. The minimum absolute atomic E-state index is 0.0533. The summed E-state index contributed by atoms with van der Waals surface area (Å²) >= 11 is 0.971. The van der Waals surface area contributed by atoms with Gasteiger partial charge in [0.05, 0.1) is 18.4 Å². The number of nitrogens with two attached hydrogens (primary N) is 2. The number of aromatic nitrogens is 4. The van der Waals surface area contributed by atoms with Crippen LogP contribution >= 0.6 is 11.3 Å². The highest BCUT2D eigenvalue weighted by atomic mass is 32.2. The maximum absolute atomic E-state index is 13.0. The Bertz CT molecular complexity index is 1320. The first-order valence-corrected chi connectivity index (χ1v) is 12.1. The lowest BCUT2D eigenvalue weighted by Crippen LogP contribution is -2.73. The Morgan fingerprint density at radius 1 is 1.40 bits per heavy atom. The summed E-state index contributed by atoms with van der Waals surface area (Å²) in [7, 11) is -4.96. The largest absolute Gasteiger partial charge is 0.478 e. The van der Waals surface area contributed by atoms with Crippen LogP contribution in [0.5, 0.6) is 0 Å². The summed E-state index contributed by atoms with van der Waals surface area (Å²) < 4.78 is 33.1. The van der Waals surface area contributed by atoms with Crippen molar-refractivity contribution in [1.82, 2.24) is 29.6 Å². The molecule has 2 atom stereocenters. The molecule has 19 heteroatoms. The first-order valence-electron chi connectivity index (χ1n) is 9.87. The molecule has 0 aromatic carbocycles. The number of oxime groups is 1. The van der Waals surface area contributed by atoms with E-state index in [-0.39, 0.29) is 41.1 Å². The van der Waals surface area contributed by atoms with Crippen LogP contribution in [-0.2, 0) is 42.6 Å². The van der Waals surface area contributed by atoms with Crippen molar-refractivity contribution in [3.63, 3.8) is 0 Å². The van der Waals surface area contributed by atoms with Crippen LogP contribution in [0.4, 0.5) is 5.13 Å². The molecule has 188 valence electrons. The average Bonchev–Trinajstić information content (AvgIpc) is 3.23. The van der Waals surface area contributed by atoms with Crippen LogP contribution in [-0.4, -0.2) is 83.5 Å². The van der Waals surface area contributed by atoms with E-state index in [2.05, 4.69) is 25.7 Å². The van der Waals surface area contributed by atoms with Crippen molar-refractivity contribution in [2.24, 2.45) is 10.9 Å². The normalized spacial score (nSPS) is 21.4. The molecule has 2 aromatic heterocycles. The Morgan fingerprint density at radius 3 is 2.63 bits per heavy atom. The van der Waals surface area contributed by atoms with E-state index in [0.29, 0.717) is 5.69 Å². The van der Waals surface area contributed by atoms with Gasteiger partial charge in [0.15, 0.2) is 10.8 Å². The molecule has 2 aliphatic rings. The van der Waals surface area contributed by atoms with Crippen molar-refractivity contribution in [3.05, 3.63) is 23.0 Å². The number of anilines is 1. The molecule has 17 nitrogen and oxygen atoms in total. The van der Waals surface area contributed by atoms with Crippen molar-refractivity contribution < 1.29 is 37.3 Å². The topological polar surface area (TPSA) is 258 Å². The fourth-order valence-electron chi connectivity index (χ4n) is 3.22. The maximum atomic E-state index is 13.0. The number of hydrogen-bond acceptors (Lipinski definition) is 13. The lowest BCUT2D eigenvalue weighted by Gasteiger charge is -2.43. The smallest absolute Gasteiger partial charge is 0.362 e. The van der Waals surface area contributed by atoms with Gasteiger partial charge in [0, 0.05) is 24.8 Å². The summed E-state index contributed by atoms with van der Waals surface area (Å²) in [5.41, 5.74) is 9.36. The number of carboxylic acids is 1. The number of carbonyl (C=O) groups is 3. The third-order valence-electron chi connectivity index (χ3n) is 5.23. The van der Waals surface area contributed by atoms with E-state index >= 15 is 0 Å². The minimum Gasteiger partial charge on any atom is -0.478 e. The minimum atomic E-state index is -4.96. The van der Waals surface area contributed by atoms with Crippen LogP contribution in [0, 0.1) is 0 Å². The number of carbonyl (C=O) groups excluding carboxylic acids is 2. The summed E-state index contributed by atoms with van der Waals surface area (Å²) in [5, 5.41) is 24.6. The molecular weight excluding hydrogens is 510 g/mol. The van der Waals surface area contributed by atoms with Crippen LogP contribution in [0.25, 0.3) is 0 Å². The lowest BCUT2D eigenvalue weighted by molar-refractivity contribution is -0.153. The van der Waals surface area contributed by atoms with Crippen molar-refractivity contribution in [1.29, 1.82) is 0 Å². The molecule has 0 radical (unpaired) electrons. The maximum Gasteiger partial charge on any atom is 0.362 e.